The normalized spacial score (nSPS) is 10.5. The Bertz CT molecular complexity index is 667. The van der Waals surface area contributed by atoms with E-state index in [0.717, 1.165) is 5.56 Å². The molecule has 0 atom stereocenters. The van der Waals surface area contributed by atoms with Gasteiger partial charge in [0.25, 0.3) is 11.6 Å². The van der Waals surface area contributed by atoms with E-state index in [4.69, 9.17) is 22.1 Å². The number of ether oxygens (including phenoxy) is 1. The third kappa shape index (κ3) is 2.88. The number of aryl methyl sites for hydroxylation is 1. The van der Waals surface area contributed by atoms with Crippen molar-refractivity contribution in [1.29, 1.82) is 0 Å². The van der Waals surface area contributed by atoms with Crippen molar-refractivity contribution in [1.82, 2.24) is 9.55 Å². The predicted molar refractivity (Wildman–Crippen MR) is 74.8 cm³/mol. The second-order valence-corrected chi connectivity index (χ2v) is 4.57. The highest BCUT2D eigenvalue weighted by molar-refractivity contribution is 6.31. The molecule has 2 N–H and O–H groups in total. The summed E-state index contributed by atoms with van der Waals surface area (Å²) in [4.78, 5) is 16.1. The number of hydrogen-bond donors (Lipinski definition) is 1. The van der Waals surface area contributed by atoms with Crippen molar-refractivity contribution >= 4 is 17.3 Å². The molecule has 0 radical (unpaired) electrons. The van der Waals surface area contributed by atoms with E-state index in [9.17, 15) is 4.79 Å². The van der Waals surface area contributed by atoms with Crippen LogP contribution in [0.15, 0.2) is 29.1 Å². The topological polar surface area (TPSA) is 70.1 Å². The van der Waals surface area contributed by atoms with E-state index < -0.39 is 0 Å². The lowest BCUT2D eigenvalue weighted by Crippen LogP contribution is -2.23. The molecule has 0 aliphatic heterocycles. The summed E-state index contributed by atoms with van der Waals surface area (Å²) in [5, 5.41) is 0.509. The van der Waals surface area contributed by atoms with Crippen molar-refractivity contribution in [2.24, 2.45) is 0 Å². The Kier molecular flexibility index (Phi) is 3.76. The maximum atomic E-state index is 12.0. The van der Waals surface area contributed by atoms with Gasteiger partial charge >= 0.3 is 0 Å². The molecule has 2 aromatic rings. The van der Waals surface area contributed by atoms with E-state index in [1.165, 1.54) is 17.7 Å². The quantitative estimate of drug-likeness (QED) is 0.871. The summed E-state index contributed by atoms with van der Waals surface area (Å²) < 4.78 is 6.55. The number of benzene rings is 1. The van der Waals surface area contributed by atoms with E-state index in [2.05, 4.69) is 4.98 Å². The number of nitrogens with two attached hydrogens (primary N) is 1. The summed E-state index contributed by atoms with van der Waals surface area (Å²) in [6.07, 6.45) is 0. The molecule has 0 fully saturated rings. The summed E-state index contributed by atoms with van der Waals surface area (Å²) >= 11 is 6.10. The standard InChI is InChI=1S/C13H14ClN3O2/c1-8-5-12(18)17(13(16-8)19-2)7-9-3-4-10(15)6-11(9)14/h3-6H,7,15H2,1-2H3. The van der Waals surface area contributed by atoms with Gasteiger partial charge in [0.05, 0.1) is 13.7 Å². The van der Waals surface area contributed by atoms with Crippen molar-refractivity contribution < 1.29 is 4.74 Å². The maximum absolute atomic E-state index is 12.0. The van der Waals surface area contributed by atoms with E-state index in [1.807, 2.05) is 0 Å². The molecule has 6 heteroatoms. The average molecular weight is 280 g/mol. The molecule has 0 aliphatic carbocycles. The summed E-state index contributed by atoms with van der Waals surface area (Å²) in [5.41, 5.74) is 7.42. The van der Waals surface area contributed by atoms with Crippen molar-refractivity contribution in [2.45, 2.75) is 13.5 Å². The van der Waals surface area contributed by atoms with Gasteiger partial charge in [0.2, 0.25) is 0 Å². The lowest BCUT2D eigenvalue weighted by Gasteiger charge is -2.12. The lowest BCUT2D eigenvalue weighted by molar-refractivity contribution is 0.350. The molecular weight excluding hydrogens is 266 g/mol. The monoisotopic (exact) mass is 279 g/mol. The van der Waals surface area contributed by atoms with Gasteiger partial charge < -0.3 is 10.5 Å². The van der Waals surface area contributed by atoms with Crippen LogP contribution in [0.25, 0.3) is 0 Å². The fourth-order valence-corrected chi connectivity index (χ4v) is 2.01. The number of nitrogens with zero attached hydrogens (tertiary/aromatic N) is 2. The first-order valence-electron chi connectivity index (χ1n) is 5.67. The Morgan fingerprint density at radius 1 is 1.42 bits per heavy atom. The SMILES string of the molecule is COc1nc(C)cc(=O)n1Cc1ccc(N)cc1Cl. The van der Waals surface area contributed by atoms with Crippen LogP contribution in [0.5, 0.6) is 6.01 Å². The first-order chi connectivity index (χ1) is 9.01. The third-order valence-corrected chi connectivity index (χ3v) is 3.04. The molecule has 1 heterocycles. The van der Waals surface area contributed by atoms with Crippen LogP contribution in [0.3, 0.4) is 0 Å². The fourth-order valence-electron chi connectivity index (χ4n) is 1.76. The Balaban J connectivity index is 2.46. The van der Waals surface area contributed by atoms with Gasteiger partial charge in [-0.15, -0.1) is 0 Å². The number of hydrogen-bond acceptors (Lipinski definition) is 4. The number of rotatable bonds is 3. The molecule has 0 saturated heterocycles. The van der Waals surface area contributed by atoms with Gasteiger partial charge in [0.1, 0.15) is 0 Å². The molecule has 1 aromatic carbocycles. The van der Waals surface area contributed by atoms with Crippen LogP contribution in [0.2, 0.25) is 5.02 Å². The van der Waals surface area contributed by atoms with Crippen LogP contribution < -0.4 is 16.0 Å². The number of nitrogen functional groups attached to an aromatic ring is 1. The van der Waals surface area contributed by atoms with Gasteiger partial charge in [-0.25, -0.2) is 4.98 Å². The largest absolute Gasteiger partial charge is 0.468 e. The summed E-state index contributed by atoms with van der Waals surface area (Å²) in [7, 11) is 1.47. The zero-order valence-corrected chi connectivity index (χ0v) is 11.4. The van der Waals surface area contributed by atoms with Crippen LogP contribution in [0.1, 0.15) is 11.3 Å². The smallest absolute Gasteiger partial charge is 0.299 e. The Morgan fingerprint density at radius 2 is 2.16 bits per heavy atom. The molecule has 100 valence electrons. The number of halogens is 1. The van der Waals surface area contributed by atoms with Crippen LogP contribution in [-0.2, 0) is 6.54 Å². The minimum Gasteiger partial charge on any atom is -0.468 e. The Morgan fingerprint density at radius 3 is 2.79 bits per heavy atom. The summed E-state index contributed by atoms with van der Waals surface area (Å²) in [5.74, 6) is 0. The molecule has 0 saturated carbocycles. The van der Waals surface area contributed by atoms with E-state index in [0.29, 0.717) is 16.4 Å². The molecule has 0 amide bonds. The molecule has 2 rings (SSSR count). The van der Waals surface area contributed by atoms with E-state index >= 15 is 0 Å². The maximum Gasteiger partial charge on any atom is 0.299 e. The molecule has 0 spiro atoms. The minimum atomic E-state index is -0.183. The van der Waals surface area contributed by atoms with Gasteiger partial charge in [-0.1, -0.05) is 17.7 Å². The first kappa shape index (κ1) is 13.4. The second kappa shape index (κ2) is 5.32. The number of methoxy groups -OCH3 is 1. The van der Waals surface area contributed by atoms with Crippen LogP contribution in [0.4, 0.5) is 5.69 Å². The average Bonchev–Trinajstić information content (AvgIpc) is 2.34. The second-order valence-electron chi connectivity index (χ2n) is 4.16. The first-order valence-corrected chi connectivity index (χ1v) is 6.05. The number of aromatic nitrogens is 2. The Labute approximate surface area is 115 Å². The van der Waals surface area contributed by atoms with Gasteiger partial charge in [0, 0.05) is 22.5 Å². The molecule has 0 unspecified atom stereocenters. The minimum absolute atomic E-state index is 0.183. The van der Waals surface area contributed by atoms with Crippen LogP contribution >= 0.6 is 11.6 Å². The number of anilines is 1. The van der Waals surface area contributed by atoms with Gasteiger partial charge in [0.15, 0.2) is 0 Å². The Hall–Kier alpha value is -2.01. The van der Waals surface area contributed by atoms with Gasteiger partial charge in [-0.3, -0.25) is 9.36 Å². The molecule has 19 heavy (non-hydrogen) atoms. The van der Waals surface area contributed by atoms with E-state index in [1.54, 1.807) is 25.1 Å². The van der Waals surface area contributed by atoms with Crippen molar-refractivity contribution in [3.63, 3.8) is 0 Å². The predicted octanol–water partition coefficient (Wildman–Crippen LogP) is 1.84. The third-order valence-electron chi connectivity index (χ3n) is 2.69. The molecule has 0 aliphatic rings. The fraction of sp³-hybridized carbons (Fsp3) is 0.231. The molecule has 5 nitrogen and oxygen atoms in total. The zero-order chi connectivity index (χ0) is 14.0. The van der Waals surface area contributed by atoms with Gasteiger partial charge in [-0.05, 0) is 24.6 Å². The molecule has 0 bridgehead atoms. The van der Waals surface area contributed by atoms with E-state index in [-0.39, 0.29) is 18.1 Å². The summed E-state index contributed by atoms with van der Waals surface area (Å²) in [6, 6.07) is 6.88. The van der Waals surface area contributed by atoms with Crippen molar-refractivity contribution in [2.75, 3.05) is 12.8 Å². The summed E-state index contributed by atoms with van der Waals surface area (Å²) in [6.45, 7) is 2.03. The lowest BCUT2D eigenvalue weighted by atomic mass is 10.2. The molecule has 1 aromatic heterocycles. The van der Waals surface area contributed by atoms with Crippen LogP contribution in [-0.4, -0.2) is 16.7 Å². The highest BCUT2D eigenvalue weighted by atomic mass is 35.5. The van der Waals surface area contributed by atoms with Gasteiger partial charge in [-0.2, -0.15) is 0 Å². The highest BCUT2D eigenvalue weighted by Gasteiger charge is 2.10. The highest BCUT2D eigenvalue weighted by Crippen LogP contribution is 2.20. The molecular formula is C13H14ClN3O2. The van der Waals surface area contributed by atoms with Crippen molar-refractivity contribution in [3.8, 4) is 6.01 Å². The van der Waals surface area contributed by atoms with Crippen molar-refractivity contribution in [3.05, 3.63) is 50.9 Å². The van der Waals surface area contributed by atoms with Crippen LogP contribution in [0, 0.1) is 6.92 Å². The zero-order valence-electron chi connectivity index (χ0n) is 10.7.